The predicted molar refractivity (Wildman–Crippen MR) is 92.4 cm³/mol. The van der Waals surface area contributed by atoms with Crippen molar-refractivity contribution >= 4 is 15.9 Å². The summed E-state index contributed by atoms with van der Waals surface area (Å²) < 4.78 is 32.0. The van der Waals surface area contributed by atoms with Gasteiger partial charge < -0.3 is 10.1 Å². The molecular weight excluding hydrogens is 328 g/mol. The van der Waals surface area contributed by atoms with Gasteiger partial charge in [-0.25, -0.2) is 8.42 Å². The third-order valence-electron chi connectivity index (χ3n) is 4.17. The van der Waals surface area contributed by atoms with E-state index in [9.17, 15) is 13.2 Å². The van der Waals surface area contributed by atoms with Gasteiger partial charge in [0.25, 0.3) is 5.91 Å². The topological polar surface area (TPSA) is 75.7 Å². The molecule has 0 saturated carbocycles. The fraction of sp³-hybridized carbons (Fsp3) is 0.588. The van der Waals surface area contributed by atoms with E-state index >= 15 is 0 Å². The fourth-order valence-electron chi connectivity index (χ4n) is 2.53. The highest BCUT2D eigenvalue weighted by Crippen LogP contribution is 2.22. The van der Waals surface area contributed by atoms with Gasteiger partial charge >= 0.3 is 0 Å². The molecule has 1 heterocycles. The highest BCUT2D eigenvalue weighted by molar-refractivity contribution is 7.89. The lowest BCUT2D eigenvalue weighted by Gasteiger charge is -2.25. The summed E-state index contributed by atoms with van der Waals surface area (Å²) in [6.45, 7) is 5.00. The molecule has 2 rings (SSSR count). The van der Waals surface area contributed by atoms with E-state index in [0.29, 0.717) is 18.8 Å². The molecule has 1 aromatic carbocycles. The number of nitrogens with zero attached hydrogens (tertiary/aromatic N) is 1. The molecule has 0 unspecified atom stereocenters. The molecule has 0 radical (unpaired) electrons. The lowest BCUT2D eigenvalue weighted by molar-refractivity contribution is -0.123. The van der Waals surface area contributed by atoms with E-state index < -0.39 is 10.0 Å². The first-order valence-electron chi connectivity index (χ1n) is 8.46. The smallest absolute Gasteiger partial charge is 0.258 e. The van der Waals surface area contributed by atoms with Crippen LogP contribution in [0.3, 0.4) is 0 Å². The zero-order chi connectivity index (χ0) is 17.6. The summed E-state index contributed by atoms with van der Waals surface area (Å²) >= 11 is 0. The quantitative estimate of drug-likeness (QED) is 0.814. The maximum Gasteiger partial charge on any atom is 0.258 e. The summed E-state index contributed by atoms with van der Waals surface area (Å²) in [6.07, 6.45) is 3.75. The highest BCUT2D eigenvalue weighted by Gasteiger charge is 2.25. The summed E-state index contributed by atoms with van der Waals surface area (Å²) in [5.74, 6) is 0.293. The van der Waals surface area contributed by atoms with Gasteiger partial charge in [-0.1, -0.05) is 13.3 Å². The number of rotatable bonds is 7. The second-order valence-electron chi connectivity index (χ2n) is 6.10. The Hall–Kier alpha value is -1.60. The van der Waals surface area contributed by atoms with Gasteiger partial charge in [-0.15, -0.1) is 0 Å². The van der Waals surface area contributed by atoms with Gasteiger partial charge in [0.1, 0.15) is 5.75 Å². The van der Waals surface area contributed by atoms with Crippen molar-refractivity contribution in [3.63, 3.8) is 0 Å². The number of ether oxygens (including phenoxy) is 1. The minimum Gasteiger partial charge on any atom is -0.484 e. The van der Waals surface area contributed by atoms with Crippen LogP contribution in [0.25, 0.3) is 0 Å². The average Bonchev–Trinajstić information content (AvgIpc) is 2.61. The maximum atomic E-state index is 12.5. The zero-order valence-corrected chi connectivity index (χ0v) is 15.1. The van der Waals surface area contributed by atoms with Crippen LogP contribution in [-0.4, -0.2) is 44.4 Å². The van der Waals surface area contributed by atoms with Gasteiger partial charge in [0.15, 0.2) is 6.61 Å². The number of nitrogens with one attached hydrogen (secondary N) is 1. The fourth-order valence-corrected chi connectivity index (χ4v) is 4.05. The molecule has 0 aromatic heterocycles. The second-order valence-corrected chi connectivity index (χ2v) is 8.04. The Morgan fingerprint density at radius 1 is 1.21 bits per heavy atom. The highest BCUT2D eigenvalue weighted by atomic mass is 32.2. The van der Waals surface area contributed by atoms with Crippen LogP contribution in [0.5, 0.6) is 5.75 Å². The molecule has 1 N–H and O–H groups in total. The number of piperidine rings is 1. The Bertz CT molecular complexity index is 637. The molecule has 7 heteroatoms. The van der Waals surface area contributed by atoms with Crippen LogP contribution >= 0.6 is 0 Å². The molecule has 1 saturated heterocycles. The Morgan fingerprint density at radius 3 is 2.42 bits per heavy atom. The van der Waals surface area contributed by atoms with Crippen LogP contribution in [0.1, 0.15) is 39.5 Å². The first kappa shape index (κ1) is 18.7. The summed E-state index contributed by atoms with van der Waals surface area (Å²) in [4.78, 5) is 11.9. The van der Waals surface area contributed by atoms with Gasteiger partial charge in [0.05, 0.1) is 4.90 Å². The van der Waals surface area contributed by atoms with E-state index in [0.717, 1.165) is 25.7 Å². The average molecular weight is 354 g/mol. The van der Waals surface area contributed by atoms with Gasteiger partial charge in [-0.3, -0.25) is 4.79 Å². The molecule has 0 aliphatic carbocycles. The summed E-state index contributed by atoms with van der Waals surface area (Å²) in [5, 5.41) is 2.81. The van der Waals surface area contributed by atoms with Crippen molar-refractivity contribution in [3.05, 3.63) is 24.3 Å². The number of sulfonamides is 1. The minimum atomic E-state index is -3.43. The number of hydrogen-bond acceptors (Lipinski definition) is 4. The third kappa shape index (κ3) is 4.95. The van der Waals surface area contributed by atoms with Crippen molar-refractivity contribution in [1.29, 1.82) is 0 Å². The van der Waals surface area contributed by atoms with Crippen molar-refractivity contribution in [1.82, 2.24) is 9.62 Å². The first-order valence-corrected chi connectivity index (χ1v) is 9.90. The van der Waals surface area contributed by atoms with E-state index in [4.69, 9.17) is 4.74 Å². The summed E-state index contributed by atoms with van der Waals surface area (Å²) in [7, 11) is -3.43. The van der Waals surface area contributed by atoms with Crippen LogP contribution < -0.4 is 10.1 Å². The number of carbonyl (C=O) groups is 1. The molecule has 1 aromatic rings. The molecule has 1 fully saturated rings. The third-order valence-corrected chi connectivity index (χ3v) is 6.08. The molecule has 24 heavy (non-hydrogen) atoms. The Labute approximate surface area is 144 Å². The Kier molecular flexibility index (Phi) is 6.62. The van der Waals surface area contributed by atoms with E-state index in [2.05, 4.69) is 5.32 Å². The number of amides is 1. The van der Waals surface area contributed by atoms with Crippen LogP contribution in [0.4, 0.5) is 0 Å². The van der Waals surface area contributed by atoms with E-state index in [-0.39, 0.29) is 23.5 Å². The lowest BCUT2D eigenvalue weighted by atomic mass is 10.2. The molecular formula is C17H26N2O4S. The van der Waals surface area contributed by atoms with Crippen LogP contribution in [0.15, 0.2) is 29.2 Å². The van der Waals surface area contributed by atoms with Crippen molar-refractivity contribution in [2.24, 2.45) is 0 Å². The molecule has 1 amide bonds. The zero-order valence-electron chi connectivity index (χ0n) is 14.3. The number of hydrogen-bond donors (Lipinski definition) is 1. The molecule has 1 aliphatic heterocycles. The van der Waals surface area contributed by atoms with Gasteiger partial charge in [-0.05, 0) is 50.5 Å². The van der Waals surface area contributed by atoms with Crippen LogP contribution in [0.2, 0.25) is 0 Å². The molecule has 0 spiro atoms. The van der Waals surface area contributed by atoms with Crippen LogP contribution in [0, 0.1) is 0 Å². The molecule has 1 atom stereocenters. The number of benzene rings is 1. The van der Waals surface area contributed by atoms with Gasteiger partial charge in [-0.2, -0.15) is 4.31 Å². The molecule has 134 valence electrons. The molecule has 0 bridgehead atoms. The summed E-state index contributed by atoms with van der Waals surface area (Å²) in [6, 6.07) is 6.36. The standard InChI is InChI=1S/C17H26N2O4S/c1-3-14(2)18-17(20)13-23-15-7-9-16(10-8-15)24(21,22)19-11-5-4-6-12-19/h7-10,14H,3-6,11-13H2,1-2H3,(H,18,20)/t14-/m1/s1. The second kappa shape index (κ2) is 8.48. The minimum absolute atomic E-state index is 0.0808. The summed E-state index contributed by atoms with van der Waals surface area (Å²) in [5.41, 5.74) is 0. The molecule has 6 nitrogen and oxygen atoms in total. The predicted octanol–water partition coefficient (Wildman–Crippen LogP) is 2.15. The van der Waals surface area contributed by atoms with Crippen molar-refractivity contribution in [2.75, 3.05) is 19.7 Å². The van der Waals surface area contributed by atoms with Crippen molar-refractivity contribution < 1.29 is 17.9 Å². The normalized spacial score (nSPS) is 17.2. The monoisotopic (exact) mass is 354 g/mol. The van der Waals surface area contributed by atoms with Crippen molar-refractivity contribution in [3.8, 4) is 5.75 Å². The van der Waals surface area contributed by atoms with E-state index in [1.807, 2.05) is 13.8 Å². The largest absolute Gasteiger partial charge is 0.484 e. The van der Waals surface area contributed by atoms with Gasteiger partial charge in [0.2, 0.25) is 10.0 Å². The number of carbonyl (C=O) groups excluding carboxylic acids is 1. The van der Waals surface area contributed by atoms with E-state index in [1.165, 1.54) is 16.4 Å². The Morgan fingerprint density at radius 2 is 1.83 bits per heavy atom. The maximum absolute atomic E-state index is 12.5. The Balaban J connectivity index is 1.94. The molecule has 1 aliphatic rings. The van der Waals surface area contributed by atoms with Crippen molar-refractivity contribution in [2.45, 2.75) is 50.5 Å². The van der Waals surface area contributed by atoms with Crippen LogP contribution in [-0.2, 0) is 14.8 Å². The van der Waals surface area contributed by atoms with Gasteiger partial charge in [0, 0.05) is 19.1 Å². The van der Waals surface area contributed by atoms with E-state index in [1.54, 1.807) is 12.1 Å². The lowest BCUT2D eigenvalue weighted by Crippen LogP contribution is -2.35. The first-order chi connectivity index (χ1) is 11.4. The SMILES string of the molecule is CC[C@@H](C)NC(=O)COc1ccc(S(=O)(=O)N2CCCCC2)cc1.